The molecule has 0 aromatic carbocycles. The molecular weight excluding hydrogens is 164 g/mol. The van der Waals surface area contributed by atoms with Gasteiger partial charge in [-0.2, -0.15) is 0 Å². The Morgan fingerprint density at radius 1 is 1.23 bits per heavy atom. The monoisotopic (exact) mass is 180 g/mol. The van der Waals surface area contributed by atoms with E-state index in [-0.39, 0.29) is 5.41 Å². The van der Waals surface area contributed by atoms with Crippen LogP contribution in [0.15, 0.2) is 0 Å². The molecule has 0 spiro atoms. The van der Waals surface area contributed by atoms with Gasteiger partial charge in [-0.25, -0.2) is 0 Å². The molecule has 4 saturated carbocycles. The summed E-state index contributed by atoms with van der Waals surface area (Å²) < 4.78 is 0. The Hall–Kier alpha value is -0.530. The highest BCUT2D eigenvalue weighted by Gasteiger charge is 2.57. The molecule has 13 heavy (non-hydrogen) atoms. The van der Waals surface area contributed by atoms with Gasteiger partial charge in [0.15, 0.2) is 0 Å². The third-order valence-corrected chi connectivity index (χ3v) is 4.66. The maximum atomic E-state index is 10.8. The summed E-state index contributed by atoms with van der Waals surface area (Å²) in [5.74, 6) is 1.97. The number of hydrogen-bond acceptors (Lipinski definition) is 1. The van der Waals surface area contributed by atoms with Gasteiger partial charge in [0.2, 0.25) is 0 Å². The minimum absolute atomic E-state index is 0.249. The molecule has 0 heterocycles. The fraction of sp³-hybridized carbons (Fsp3) is 0.909. The summed E-state index contributed by atoms with van der Waals surface area (Å²) in [5, 5.41) is 8.92. The highest BCUT2D eigenvalue weighted by atomic mass is 16.4. The van der Waals surface area contributed by atoms with Crippen molar-refractivity contribution in [1.29, 1.82) is 0 Å². The van der Waals surface area contributed by atoms with Gasteiger partial charge in [-0.3, -0.25) is 4.79 Å². The van der Waals surface area contributed by atoms with Crippen LogP contribution >= 0.6 is 0 Å². The first-order valence-corrected chi connectivity index (χ1v) is 5.40. The smallest absolute Gasteiger partial charge is 0.303 e. The fourth-order valence-corrected chi connectivity index (χ4v) is 4.55. The van der Waals surface area contributed by atoms with Gasteiger partial charge in [0.05, 0.1) is 6.42 Å². The van der Waals surface area contributed by atoms with E-state index in [1.807, 2.05) is 0 Å². The Morgan fingerprint density at radius 3 is 2.38 bits per heavy atom. The van der Waals surface area contributed by atoms with Crippen LogP contribution in [-0.2, 0) is 4.79 Å². The average molecular weight is 180 g/mol. The van der Waals surface area contributed by atoms with Gasteiger partial charge in [0, 0.05) is 0 Å². The molecule has 72 valence electrons. The second kappa shape index (κ2) is 2.28. The summed E-state index contributed by atoms with van der Waals surface area (Å²) in [6.07, 6.45) is 6.97. The van der Waals surface area contributed by atoms with E-state index in [1.54, 1.807) is 0 Å². The van der Waals surface area contributed by atoms with Crippen LogP contribution in [0.3, 0.4) is 0 Å². The molecule has 0 amide bonds. The first-order valence-electron chi connectivity index (χ1n) is 5.40. The molecule has 0 aliphatic heterocycles. The summed E-state index contributed by atoms with van der Waals surface area (Å²) >= 11 is 0. The molecular formula is C11H16O2. The number of carboxylic acid groups (broad SMARTS) is 1. The number of hydrogen-bond donors (Lipinski definition) is 1. The molecule has 2 atom stereocenters. The van der Waals surface area contributed by atoms with Crippen LogP contribution < -0.4 is 0 Å². The van der Waals surface area contributed by atoms with Gasteiger partial charge < -0.3 is 5.11 Å². The van der Waals surface area contributed by atoms with E-state index in [0.717, 1.165) is 17.8 Å². The maximum absolute atomic E-state index is 10.8. The second-order valence-corrected chi connectivity index (χ2v) is 5.48. The summed E-state index contributed by atoms with van der Waals surface area (Å²) in [4.78, 5) is 10.8. The van der Waals surface area contributed by atoms with Crippen LogP contribution in [0.4, 0.5) is 0 Å². The van der Waals surface area contributed by atoms with Gasteiger partial charge in [-0.1, -0.05) is 0 Å². The van der Waals surface area contributed by atoms with Gasteiger partial charge in [0.1, 0.15) is 0 Å². The highest BCUT2D eigenvalue weighted by Crippen LogP contribution is 2.66. The number of carbonyl (C=O) groups is 1. The van der Waals surface area contributed by atoms with Gasteiger partial charge in [-0.05, 0) is 55.3 Å². The van der Waals surface area contributed by atoms with E-state index < -0.39 is 5.97 Å². The molecule has 4 fully saturated rings. The minimum Gasteiger partial charge on any atom is -0.481 e. The van der Waals surface area contributed by atoms with Crippen LogP contribution in [0.5, 0.6) is 0 Å². The van der Waals surface area contributed by atoms with Crippen molar-refractivity contribution in [2.24, 2.45) is 23.2 Å². The number of aliphatic carboxylic acids is 1. The van der Waals surface area contributed by atoms with E-state index >= 15 is 0 Å². The topological polar surface area (TPSA) is 37.3 Å². The van der Waals surface area contributed by atoms with Crippen molar-refractivity contribution in [1.82, 2.24) is 0 Å². The van der Waals surface area contributed by atoms with Gasteiger partial charge in [0.25, 0.3) is 0 Å². The highest BCUT2D eigenvalue weighted by molar-refractivity contribution is 5.68. The zero-order chi connectivity index (χ0) is 9.05. The lowest BCUT2D eigenvalue weighted by Crippen LogP contribution is -2.25. The molecule has 0 aromatic rings. The van der Waals surface area contributed by atoms with Crippen molar-refractivity contribution in [3.8, 4) is 0 Å². The standard InChI is InChI=1S/C11H16O2/c12-10(13)6-11-4-7-1-8(5-11)3-9(11)2-7/h7-9H,1-6H2,(H,12,13). The van der Waals surface area contributed by atoms with Crippen LogP contribution in [0.2, 0.25) is 0 Å². The molecule has 4 rings (SSSR count). The summed E-state index contributed by atoms with van der Waals surface area (Å²) in [6, 6.07) is 0. The zero-order valence-electron chi connectivity index (χ0n) is 7.83. The van der Waals surface area contributed by atoms with Crippen molar-refractivity contribution >= 4 is 5.97 Å². The molecule has 0 radical (unpaired) electrons. The van der Waals surface area contributed by atoms with E-state index in [0.29, 0.717) is 6.42 Å². The fourth-order valence-electron chi connectivity index (χ4n) is 4.55. The Balaban J connectivity index is 1.88. The molecule has 2 unspecified atom stereocenters. The van der Waals surface area contributed by atoms with E-state index in [2.05, 4.69) is 0 Å². The molecule has 0 aromatic heterocycles. The molecule has 2 heteroatoms. The molecule has 0 saturated heterocycles. The van der Waals surface area contributed by atoms with Crippen LogP contribution in [0.1, 0.15) is 38.5 Å². The largest absolute Gasteiger partial charge is 0.481 e. The number of carboxylic acids is 1. The molecule has 4 bridgehead atoms. The first kappa shape index (κ1) is 7.84. The lowest BCUT2D eigenvalue weighted by Gasteiger charge is -2.31. The minimum atomic E-state index is -0.576. The Labute approximate surface area is 78.3 Å². The third kappa shape index (κ3) is 0.976. The van der Waals surface area contributed by atoms with Crippen molar-refractivity contribution in [2.45, 2.75) is 38.5 Å². The van der Waals surface area contributed by atoms with E-state index in [9.17, 15) is 4.79 Å². The normalized spacial score (nSPS) is 51.5. The lowest BCUT2D eigenvalue weighted by atomic mass is 9.73. The Kier molecular flexibility index (Phi) is 1.38. The van der Waals surface area contributed by atoms with Crippen molar-refractivity contribution in [2.75, 3.05) is 0 Å². The lowest BCUT2D eigenvalue weighted by molar-refractivity contribution is -0.140. The van der Waals surface area contributed by atoms with E-state index in [4.69, 9.17) is 5.11 Å². The van der Waals surface area contributed by atoms with Crippen molar-refractivity contribution in [3.63, 3.8) is 0 Å². The predicted molar refractivity (Wildman–Crippen MR) is 48.2 cm³/mol. The quantitative estimate of drug-likeness (QED) is 0.708. The third-order valence-electron chi connectivity index (χ3n) is 4.66. The zero-order valence-corrected chi connectivity index (χ0v) is 7.83. The maximum Gasteiger partial charge on any atom is 0.303 e. The van der Waals surface area contributed by atoms with Crippen molar-refractivity contribution in [3.05, 3.63) is 0 Å². The molecule has 4 aliphatic carbocycles. The molecule has 2 nitrogen and oxygen atoms in total. The first-order chi connectivity index (χ1) is 6.18. The average Bonchev–Trinajstić information content (AvgIpc) is 2.33. The Morgan fingerprint density at radius 2 is 1.85 bits per heavy atom. The summed E-state index contributed by atoms with van der Waals surface area (Å²) in [7, 11) is 0. The summed E-state index contributed by atoms with van der Waals surface area (Å²) in [5.41, 5.74) is 0.249. The predicted octanol–water partition coefficient (Wildman–Crippen LogP) is 2.29. The number of rotatable bonds is 2. The van der Waals surface area contributed by atoms with Crippen LogP contribution in [-0.4, -0.2) is 11.1 Å². The van der Waals surface area contributed by atoms with Crippen LogP contribution in [0.25, 0.3) is 0 Å². The SMILES string of the molecule is O=C(O)CC12CC3CC(CC1C3)C2. The molecule has 1 N–H and O–H groups in total. The van der Waals surface area contributed by atoms with Gasteiger partial charge >= 0.3 is 5.97 Å². The summed E-state index contributed by atoms with van der Waals surface area (Å²) in [6.45, 7) is 0. The van der Waals surface area contributed by atoms with Gasteiger partial charge in [-0.15, -0.1) is 0 Å². The second-order valence-electron chi connectivity index (χ2n) is 5.48. The van der Waals surface area contributed by atoms with Crippen LogP contribution in [0, 0.1) is 23.2 Å². The Bertz CT molecular complexity index is 245. The van der Waals surface area contributed by atoms with E-state index in [1.165, 1.54) is 32.1 Å². The van der Waals surface area contributed by atoms with Crippen molar-refractivity contribution < 1.29 is 9.90 Å². The molecule has 4 aliphatic rings.